The van der Waals surface area contributed by atoms with Crippen molar-refractivity contribution in [3.05, 3.63) is 57.6 Å². The van der Waals surface area contributed by atoms with Crippen LogP contribution in [-0.2, 0) is 20.0 Å². The summed E-state index contributed by atoms with van der Waals surface area (Å²) in [5, 5.41) is 0.0611. The van der Waals surface area contributed by atoms with Crippen molar-refractivity contribution in [1.82, 2.24) is 3.71 Å². The quantitative estimate of drug-likeness (QED) is 0.576. The van der Waals surface area contributed by atoms with Crippen molar-refractivity contribution in [3.8, 4) is 0 Å². The van der Waals surface area contributed by atoms with E-state index in [4.69, 9.17) is 23.2 Å². The van der Waals surface area contributed by atoms with Gasteiger partial charge in [-0.05, 0) is 61.6 Å². The summed E-state index contributed by atoms with van der Waals surface area (Å²) >= 11 is 12.0. The molecule has 2 aromatic carbocycles. The van der Waals surface area contributed by atoms with E-state index >= 15 is 0 Å². The summed E-state index contributed by atoms with van der Waals surface area (Å²) < 4.78 is 54.0. The topological polar surface area (TPSA) is 71.5 Å². The molecule has 5 nitrogen and oxygen atoms in total. The molecule has 0 saturated carbocycles. The monoisotopic (exact) mass is 463 g/mol. The van der Waals surface area contributed by atoms with E-state index in [0.717, 1.165) is 0 Å². The van der Waals surface area contributed by atoms with Gasteiger partial charge in [-0.1, -0.05) is 52.9 Å². The minimum atomic E-state index is -4.46. The second-order valence-corrected chi connectivity index (χ2v) is 11.8. The molecule has 0 amide bonds. The molecule has 154 valence electrons. The van der Waals surface area contributed by atoms with Crippen LogP contribution in [-0.4, -0.2) is 27.1 Å². The van der Waals surface area contributed by atoms with Gasteiger partial charge >= 0.3 is 0 Å². The Morgan fingerprint density at radius 3 is 2.11 bits per heavy atom. The lowest BCUT2D eigenvalue weighted by atomic mass is 10.1. The molecule has 0 N–H and O–H groups in total. The molecular formula is C19H23Cl2NO4S2. The summed E-state index contributed by atoms with van der Waals surface area (Å²) in [5.41, 5.74) is 1.18. The highest BCUT2D eigenvalue weighted by atomic mass is 35.5. The molecule has 0 aromatic heterocycles. The van der Waals surface area contributed by atoms with Gasteiger partial charge in [0.15, 0.2) is 0 Å². The summed E-state index contributed by atoms with van der Waals surface area (Å²) in [7, 11) is -8.80. The van der Waals surface area contributed by atoms with Gasteiger partial charge in [-0.15, -0.1) is 0 Å². The maximum atomic E-state index is 13.4. The Balaban J connectivity index is 2.71. The number of nitrogens with zero attached hydrogens (tertiary/aromatic N) is 1. The number of aryl methyl sites for hydroxylation is 2. The van der Waals surface area contributed by atoms with Crippen LogP contribution >= 0.6 is 23.2 Å². The van der Waals surface area contributed by atoms with Gasteiger partial charge in [-0.3, -0.25) is 0 Å². The van der Waals surface area contributed by atoms with Crippen LogP contribution in [0.5, 0.6) is 0 Å². The molecule has 0 bridgehead atoms. The van der Waals surface area contributed by atoms with E-state index in [1.54, 1.807) is 26.0 Å². The van der Waals surface area contributed by atoms with Crippen LogP contribution in [0.4, 0.5) is 0 Å². The van der Waals surface area contributed by atoms with Crippen molar-refractivity contribution in [2.24, 2.45) is 5.92 Å². The molecule has 28 heavy (non-hydrogen) atoms. The van der Waals surface area contributed by atoms with Crippen molar-refractivity contribution in [3.63, 3.8) is 0 Å². The molecule has 0 aliphatic carbocycles. The van der Waals surface area contributed by atoms with Gasteiger partial charge in [0.05, 0.1) is 9.92 Å². The summed E-state index contributed by atoms with van der Waals surface area (Å²) in [6.45, 7) is 6.97. The van der Waals surface area contributed by atoms with E-state index in [9.17, 15) is 16.8 Å². The first kappa shape index (κ1) is 23.2. The van der Waals surface area contributed by atoms with Crippen molar-refractivity contribution in [1.29, 1.82) is 0 Å². The van der Waals surface area contributed by atoms with E-state index < -0.39 is 20.0 Å². The summed E-state index contributed by atoms with van der Waals surface area (Å²) in [6, 6.07) is 8.85. The molecule has 0 unspecified atom stereocenters. The van der Waals surface area contributed by atoms with Crippen molar-refractivity contribution < 1.29 is 16.8 Å². The standard InChI is InChI=1S/C19H23Cl2NO4S2/c1-13(2)9-10-22(27(23,24)18-11-14(3)5-6-15(18)4)28(25,26)19-12-16(20)7-8-17(19)21/h5-8,11-13H,9-10H2,1-4H3. The average molecular weight is 464 g/mol. The SMILES string of the molecule is Cc1ccc(C)c(S(=O)(=O)N(CCC(C)C)S(=O)(=O)c2cc(Cl)ccc2Cl)c1. The Labute approximate surface area is 177 Å². The van der Waals surface area contributed by atoms with Gasteiger partial charge in [0.25, 0.3) is 20.0 Å². The van der Waals surface area contributed by atoms with Crippen molar-refractivity contribution >= 4 is 43.2 Å². The minimum Gasteiger partial charge on any atom is -0.206 e. The number of benzene rings is 2. The van der Waals surface area contributed by atoms with Crippen LogP contribution in [0.1, 0.15) is 31.4 Å². The Hall–Kier alpha value is -1.12. The molecule has 0 heterocycles. The molecular weight excluding hydrogens is 441 g/mol. The zero-order chi connectivity index (χ0) is 21.3. The second kappa shape index (κ2) is 8.71. The first-order valence-corrected chi connectivity index (χ1v) is 12.3. The van der Waals surface area contributed by atoms with Crippen molar-refractivity contribution in [2.75, 3.05) is 6.54 Å². The van der Waals surface area contributed by atoms with Crippen LogP contribution in [0.25, 0.3) is 0 Å². The van der Waals surface area contributed by atoms with Crippen LogP contribution < -0.4 is 0 Å². The summed E-state index contributed by atoms with van der Waals surface area (Å²) in [5.74, 6) is 0.0985. The zero-order valence-corrected chi connectivity index (χ0v) is 19.3. The Morgan fingerprint density at radius 2 is 1.50 bits per heavy atom. The van der Waals surface area contributed by atoms with E-state index in [-0.39, 0.29) is 32.3 Å². The molecule has 0 aliphatic rings. The predicted molar refractivity (Wildman–Crippen MR) is 113 cm³/mol. The van der Waals surface area contributed by atoms with Gasteiger partial charge in [-0.2, -0.15) is 0 Å². The number of rotatable bonds is 7. The van der Waals surface area contributed by atoms with Crippen LogP contribution in [0.15, 0.2) is 46.2 Å². The van der Waals surface area contributed by atoms with E-state index in [1.165, 1.54) is 24.3 Å². The summed E-state index contributed by atoms with van der Waals surface area (Å²) in [4.78, 5) is -0.378. The minimum absolute atomic E-state index is 0.0435. The Morgan fingerprint density at radius 1 is 0.893 bits per heavy atom. The lowest BCUT2D eigenvalue weighted by molar-refractivity contribution is 0.461. The third kappa shape index (κ3) is 4.89. The highest BCUT2D eigenvalue weighted by Crippen LogP contribution is 2.32. The molecule has 0 radical (unpaired) electrons. The van der Waals surface area contributed by atoms with Crippen LogP contribution in [0, 0.1) is 19.8 Å². The van der Waals surface area contributed by atoms with Crippen molar-refractivity contribution in [2.45, 2.75) is 43.9 Å². The average Bonchev–Trinajstić information content (AvgIpc) is 2.58. The first-order chi connectivity index (χ1) is 12.9. The van der Waals surface area contributed by atoms with Gasteiger partial charge in [-0.25, -0.2) is 16.8 Å². The zero-order valence-electron chi connectivity index (χ0n) is 16.1. The fraction of sp³-hybridized carbons (Fsp3) is 0.368. The number of hydrogen-bond acceptors (Lipinski definition) is 4. The third-order valence-corrected chi connectivity index (χ3v) is 9.40. The van der Waals surface area contributed by atoms with Gasteiger partial charge < -0.3 is 0 Å². The third-order valence-electron chi connectivity index (χ3n) is 4.22. The molecule has 0 fully saturated rings. The van der Waals surface area contributed by atoms with Gasteiger partial charge in [0, 0.05) is 11.6 Å². The van der Waals surface area contributed by atoms with Crippen LogP contribution in [0.2, 0.25) is 10.0 Å². The fourth-order valence-electron chi connectivity index (χ4n) is 2.61. The van der Waals surface area contributed by atoms with Gasteiger partial charge in [0.1, 0.15) is 4.90 Å². The van der Waals surface area contributed by atoms with E-state index in [0.29, 0.717) is 21.3 Å². The lowest BCUT2D eigenvalue weighted by Gasteiger charge is -2.24. The number of hydrogen-bond donors (Lipinski definition) is 0. The highest BCUT2D eigenvalue weighted by molar-refractivity contribution is 8.04. The smallest absolute Gasteiger partial charge is 0.206 e. The molecule has 0 saturated heterocycles. The largest absolute Gasteiger partial charge is 0.257 e. The van der Waals surface area contributed by atoms with E-state index in [1.807, 2.05) is 13.8 Å². The maximum absolute atomic E-state index is 13.4. The number of sulfonamides is 2. The first-order valence-electron chi connectivity index (χ1n) is 8.67. The predicted octanol–water partition coefficient (Wildman–Crippen LogP) is 5.04. The maximum Gasteiger partial charge on any atom is 0.257 e. The second-order valence-electron chi connectivity index (χ2n) is 7.03. The highest BCUT2D eigenvalue weighted by Gasteiger charge is 2.38. The molecule has 9 heteroatoms. The lowest BCUT2D eigenvalue weighted by Crippen LogP contribution is -2.38. The Kier molecular flexibility index (Phi) is 7.21. The summed E-state index contributed by atoms with van der Waals surface area (Å²) in [6.07, 6.45) is 0.363. The van der Waals surface area contributed by atoms with E-state index in [2.05, 4.69) is 0 Å². The fourth-order valence-corrected chi connectivity index (χ4v) is 7.31. The number of halogens is 2. The molecule has 0 aliphatic heterocycles. The van der Waals surface area contributed by atoms with Crippen LogP contribution in [0.3, 0.4) is 0 Å². The molecule has 0 spiro atoms. The molecule has 2 aromatic rings. The molecule has 0 atom stereocenters. The normalized spacial score (nSPS) is 12.7. The van der Waals surface area contributed by atoms with Gasteiger partial charge in [0.2, 0.25) is 0 Å². The molecule has 2 rings (SSSR count). The Bertz CT molecular complexity index is 1000.